The third-order valence-electron chi connectivity index (χ3n) is 1.82. The number of amides is 1. The average Bonchev–Trinajstić information content (AvgIpc) is 2.28. The van der Waals surface area contributed by atoms with Gasteiger partial charge in [0.15, 0.2) is 6.20 Å². The van der Waals surface area contributed by atoms with Crippen molar-refractivity contribution >= 4 is 17.7 Å². The fourth-order valence-electron chi connectivity index (χ4n) is 1.02. The van der Waals surface area contributed by atoms with Crippen LogP contribution < -0.4 is 10.0 Å². The molecule has 0 saturated heterocycles. The zero-order valence-electron chi connectivity index (χ0n) is 8.84. The van der Waals surface area contributed by atoms with Crippen molar-refractivity contribution < 1.29 is 9.52 Å². The molecule has 1 rings (SSSR count). The second-order valence-corrected chi connectivity index (χ2v) is 4.41. The second-order valence-electron chi connectivity index (χ2n) is 3.05. The Balaban J connectivity index is 2.58. The van der Waals surface area contributed by atoms with Gasteiger partial charge in [-0.05, 0) is 24.8 Å². The Labute approximate surface area is 98.6 Å². The summed E-state index contributed by atoms with van der Waals surface area (Å²) in [6, 6.07) is 5.06. The summed E-state index contributed by atoms with van der Waals surface area (Å²) in [5, 5.41) is 14.0. The number of carbonyl (C=O) groups is 1. The molecule has 1 aromatic heterocycles. The first-order chi connectivity index (χ1) is 7.65. The van der Waals surface area contributed by atoms with Crippen molar-refractivity contribution in [2.24, 2.45) is 0 Å². The van der Waals surface area contributed by atoms with Crippen LogP contribution in [0.1, 0.15) is 6.92 Å². The molecule has 0 spiro atoms. The van der Waals surface area contributed by atoms with E-state index in [0.717, 1.165) is 4.73 Å². The number of rotatable bonds is 4. The molecule has 16 heavy (non-hydrogen) atoms. The summed E-state index contributed by atoms with van der Waals surface area (Å²) in [4.78, 5) is 11.5. The van der Waals surface area contributed by atoms with E-state index < -0.39 is 0 Å². The Morgan fingerprint density at radius 2 is 2.50 bits per heavy atom. The van der Waals surface area contributed by atoms with Gasteiger partial charge in [0.05, 0.1) is 11.8 Å². The van der Waals surface area contributed by atoms with E-state index in [1.807, 2.05) is 0 Å². The second kappa shape index (κ2) is 6.03. The quantitative estimate of drug-likeness (QED) is 0.359. The Kier molecular flexibility index (Phi) is 4.67. The summed E-state index contributed by atoms with van der Waals surface area (Å²) >= 11 is 1.20. The molecule has 0 saturated carbocycles. The van der Waals surface area contributed by atoms with Gasteiger partial charge in [0.1, 0.15) is 0 Å². The van der Waals surface area contributed by atoms with Crippen LogP contribution in [-0.2, 0) is 4.79 Å². The molecular formula is C11H12N2O2S. The van der Waals surface area contributed by atoms with Crippen molar-refractivity contribution in [2.75, 3.05) is 6.54 Å². The first-order valence-electron chi connectivity index (χ1n) is 4.71. The third kappa shape index (κ3) is 3.48. The maximum absolute atomic E-state index is 11.5. The molecule has 0 aliphatic carbocycles. The Morgan fingerprint density at radius 1 is 1.75 bits per heavy atom. The normalized spacial score (nSPS) is 11.5. The van der Waals surface area contributed by atoms with Crippen LogP contribution in [0, 0.1) is 17.6 Å². The molecule has 0 bridgehead atoms. The number of terminal acetylenes is 1. The SMILES string of the molecule is C#CCNC(=O)C(C)Sc1cccc[n+]1[O-]. The highest BCUT2D eigenvalue weighted by Crippen LogP contribution is 2.19. The molecule has 0 fully saturated rings. The zero-order chi connectivity index (χ0) is 12.0. The van der Waals surface area contributed by atoms with E-state index in [1.165, 1.54) is 18.0 Å². The number of carbonyl (C=O) groups excluding carboxylic acids is 1. The van der Waals surface area contributed by atoms with E-state index >= 15 is 0 Å². The molecule has 0 aromatic carbocycles. The molecule has 1 aromatic rings. The monoisotopic (exact) mass is 236 g/mol. The van der Waals surface area contributed by atoms with Crippen LogP contribution in [0.15, 0.2) is 29.4 Å². The molecule has 1 atom stereocenters. The lowest BCUT2D eigenvalue weighted by Crippen LogP contribution is -2.34. The molecule has 5 heteroatoms. The fraction of sp³-hybridized carbons (Fsp3) is 0.273. The predicted octanol–water partition coefficient (Wildman–Crippen LogP) is 0.550. The average molecular weight is 236 g/mol. The number of nitrogens with zero attached hydrogens (tertiary/aromatic N) is 1. The van der Waals surface area contributed by atoms with Crippen molar-refractivity contribution in [3.05, 3.63) is 29.6 Å². The molecule has 4 nitrogen and oxygen atoms in total. The van der Waals surface area contributed by atoms with Gasteiger partial charge in [-0.1, -0.05) is 5.92 Å². The number of aromatic nitrogens is 1. The van der Waals surface area contributed by atoms with Gasteiger partial charge in [0.2, 0.25) is 5.91 Å². The van der Waals surface area contributed by atoms with Crippen LogP contribution in [-0.4, -0.2) is 17.7 Å². The van der Waals surface area contributed by atoms with E-state index in [9.17, 15) is 10.0 Å². The molecule has 0 aliphatic rings. The Bertz CT molecular complexity index is 415. The number of nitrogens with one attached hydrogen (secondary N) is 1. The molecule has 1 heterocycles. The van der Waals surface area contributed by atoms with E-state index in [4.69, 9.17) is 6.42 Å². The summed E-state index contributed by atoms with van der Waals surface area (Å²) in [6.07, 6.45) is 6.43. The maximum atomic E-state index is 11.5. The van der Waals surface area contributed by atoms with Gasteiger partial charge in [0, 0.05) is 12.1 Å². The minimum Gasteiger partial charge on any atom is -0.618 e. The predicted molar refractivity (Wildman–Crippen MR) is 62.6 cm³/mol. The van der Waals surface area contributed by atoms with Crippen molar-refractivity contribution in [1.82, 2.24) is 5.32 Å². The van der Waals surface area contributed by atoms with Gasteiger partial charge in [0.25, 0.3) is 5.03 Å². The van der Waals surface area contributed by atoms with Crippen LogP contribution in [0.5, 0.6) is 0 Å². The fourth-order valence-corrected chi connectivity index (χ4v) is 1.89. The van der Waals surface area contributed by atoms with Crippen LogP contribution in [0.3, 0.4) is 0 Å². The van der Waals surface area contributed by atoms with E-state index in [2.05, 4.69) is 11.2 Å². The topological polar surface area (TPSA) is 56.0 Å². The largest absolute Gasteiger partial charge is 0.618 e. The highest BCUT2D eigenvalue weighted by Gasteiger charge is 2.17. The van der Waals surface area contributed by atoms with Crippen LogP contribution in [0.25, 0.3) is 0 Å². The standard InChI is InChI=1S/C11H12N2O2S/c1-3-7-12-11(14)9(2)16-10-6-4-5-8-13(10)15/h1,4-6,8-9H,7H2,2H3,(H,12,14). The van der Waals surface area contributed by atoms with E-state index in [-0.39, 0.29) is 17.7 Å². The highest BCUT2D eigenvalue weighted by molar-refractivity contribution is 8.00. The molecule has 1 N–H and O–H groups in total. The van der Waals surface area contributed by atoms with Crippen molar-refractivity contribution in [3.8, 4) is 12.3 Å². The lowest BCUT2D eigenvalue weighted by atomic mass is 10.4. The number of thioether (sulfide) groups is 1. The summed E-state index contributed by atoms with van der Waals surface area (Å²) in [5.41, 5.74) is 0. The van der Waals surface area contributed by atoms with Crippen LogP contribution >= 0.6 is 11.8 Å². The summed E-state index contributed by atoms with van der Waals surface area (Å²) in [7, 11) is 0. The van der Waals surface area contributed by atoms with Gasteiger partial charge < -0.3 is 10.5 Å². The third-order valence-corrected chi connectivity index (χ3v) is 2.95. The van der Waals surface area contributed by atoms with Gasteiger partial charge in [-0.15, -0.1) is 6.42 Å². The highest BCUT2D eigenvalue weighted by atomic mass is 32.2. The van der Waals surface area contributed by atoms with Gasteiger partial charge in [-0.25, -0.2) is 0 Å². The molecule has 0 aliphatic heterocycles. The number of hydrogen-bond acceptors (Lipinski definition) is 3. The number of hydrogen-bond donors (Lipinski definition) is 1. The lowest BCUT2D eigenvalue weighted by Gasteiger charge is -2.09. The summed E-state index contributed by atoms with van der Waals surface area (Å²) < 4.78 is 0.732. The van der Waals surface area contributed by atoms with Crippen molar-refractivity contribution in [3.63, 3.8) is 0 Å². The minimum atomic E-state index is -0.351. The molecule has 84 valence electrons. The van der Waals surface area contributed by atoms with Gasteiger partial charge in [-0.3, -0.25) is 4.79 Å². The zero-order valence-corrected chi connectivity index (χ0v) is 9.66. The van der Waals surface area contributed by atoms with Crippen molar-refractivity contribution in [1.29, 1.82) is 0 Å². The lowest BCUT2D eigenvalue weighted by molar-refractivity contribution is -0.645. The molecule has 0 radical (unpaired) electrons. The summed E-state index contributed by atoms with van der Waals surface area (Å²) in [6.45, 7) is 1.93. The first-order valence-corrected chi connectivity index (χ1v) is 5.59. The molecule has 1 amide bonds. The van der Waals surface area contributed by atoms with E-state index in [1.54, 1.807) is 25.1 Å². The van der Waals surface area contributed by atoms with Gasteiger partial charge >= 0.3 is 0 Å². The Morgan fingerprint density at radius 3 is 3.12 bits per heavy atom. The first kappa shape index (κ1) is 12.4. The number of pyridine rings is 1. The smallest absolute Gasteiger partial charge is 0.252 e. The van der Waals surface area contributed by atoms with Gasteiger partial charge in [-0.2, -0.15) is 4.73 Å². The van der Waals surface area contributed by atoms with Crippen molar-refractivity contribution in [2.45, 2.75) is 17.2 Å². The maximum Gasteiger partial charge on any atom is 0.252 e. The Hall–Kier alpha value is -1.67. The molecule has 1 unspecified atom stereocenters. The van der Waals surface area contributed by atoms with Crippen LogP contribution in [0.4, 0.5) is 0 Å². The minimum absolute atomic E-state index is 0.174. The van der Waals surface area contributed by atoms with Crippen LogP contribution in [0.2, 0.25) is 0 Å². The summed E-state index contributed by atoms with van der Waals surface area (Å²) in [5.74, 6) is 2.15. The molecular weight excluding hydrogens is 224 g/mol. The van der Waals surface area contributed by atoms with E-state index in [0.29, 0.717) is 5.03 Å².